The first kappa shape index (κ1) is 17.3. The van der Waals surface area contributed by atoms with Crippen molar-refractivity contribution >= 4 is 39.1 Å². The summed E-state index contributed by atoms with van der Waals surface area (Å²) >= 11 is 7.48. The van der Waals surface area contributed by atoms with Crippen LogP contribution in [0.3, 0.4) is 0 Å². The molecule has 0 spiro atoms. The Morgan fingerprint density at radius 2 is 2.12 bits per heavy atom. The van der Waals surface area contributed by atoms with Gasteiger partial charge >= 0.3 is 0 Å². The molecule has 3 aromatic rings. The highest BCUT2D eigenvalue weighted by molar-refractivity contribution is 7.16. The largest absolute Gasteiger partial charge is 0.492 e. The van der Waals surface area contributed by atoms with Crippen molar-refractivity contribution in [3.05, 3.63) is 57.9 Å². The minimum atomic E-state index is -0.402. The van der Waals surface area contributed by atoms with E-state index < -0.39 is 5.91 Å². The highest BCUT2D eigenvalue weighted by Gasteiger charge is 2.13. The number of amides is 1. The van der Waals surface area contributed by atoms with Crippen molar-refractivity contribution in [2.75, 3.05) is 6.61 Å². The number of terminal acetylenes is 1. The van der Waals surface area contributed by atoms with Crippen molar-refractivity contribution in [1.29, 1.82) is 0 Å². The normalized spacial score (nSPS) is 11.5. The van der Waals surface area contributed by atoms with Gasteiger partial charge in [0.05, 0.1) is 28.4 Å². The number of fused-ring (bicyclic) bond motifs is 1. The molecule has 25 heavy (non-hydrogen) atoms. The molecule has 3 rings (SSSR count). The smallest absolute Gasteiger partial charge is 0.281 e. The Labute approximate surface area is 154 Å². The Morgan fingerprint density at radius 3 is 2.84 bits per heavy atom. The molecule has 1 heterocycles. The van der Waals surface area contributed by atoms with Gasteiger partial charge in [-0.1, -0.05) is 47.1 Å². The third-order valence-electron chi connectivity index (χ3n) is 3.51. The highest BCUT2D eigenvalue weighted by Crippen LogP contribution is 2.27. The van der Waals surface area contributed by atoms with Crippen LogP contribution in [0.15, 0.2) is 47.5 Å². The fraction of sp³-hybridized carbons (Fsp3) is 0.158. The summed E-state index contributed by atoms with van der Waals surface area (Å²) < 4.78 is 8.47. The zero-order chi connectivity index (χ0) is 17.8. The predicted molar refractivity (Wildman–Crippen MR) is 101 cm³/mol. The van der Waals surface area contributed by atoms with Crippen molar-refractivity contribution in [3.8, 4) is 18.1 Å². The lowest BCUT2D eigenvalue weighted by molar-refractivity contribution is 0.0998. The second-order valence-electron chi connectivity index (χ2n) is 5.11. The molecule has 0 atom stereocenters. The number of benzene rings is 2. The van der Waals surface area contributed by atoms with Crippen molar-refractivity contribution in [3.63, 3.8) is 0 Å². The molecule has 4 nitrogen and oxygen atoms in total. The minimum absolute atomic E-state index is 0.290. The number of hydrogen-bond donors (Lipinski definition) is 0. The van der Waals surface area contributed by atoms with Gasteiger partial charge in [0.2, 0.25) is 0 Å². The van der Waals surface area contributed by atoms with Crippen LogP contribution in [-0.4, -0.2) is 17.1 Å². The van der Waals surface area contributed by atoms with Crippen LogP contribution in [0.2, 0.25) is 5.02 Å². The van der Waals surface area contributed by atoms with Gasteiger partial charge in [-0.05, 0) is 31.2 Å². The van der Waals surface area contributed by atoms with Crippen molar-refractivity contribution in [2.45, 2.75) is 13.5 Å². The number of para-hydroxylation sites is 1. The second kappa shape index (κ2) is 7.56. The number of rotatable bonds is 4. The van der Waals surface area contributed by atoms with Gasteiger partial charge in [-0.3, -0.25) is 4.79 Å². The first-order valence-corrected chi connectivity index (χ1v) is 8.87. The summed E-state index contributed by atoms with van der Waals surface area (Å²) in [6, 6.07) is 12.6. The molecule has 0 fully saturated rings. The summed E-state index contributed by atoms with van der Waals surface area (Å²) in [4.78, 5) is 17.3. The Hall–Kier alpha value is -2.55. The van der Waals surface area contributed by atoms with Gasteiger partial charge in [-0.2, -0.15) is 4.99 Å². The second-order valence-corrected chi connectivity index (χ2v) is 6.52. The molecule has 0 aliphatic heterocycles. The Bertz CT molecular complexity index is 1040. The summed E-state index contributed by atoms with van der Waals surface area (Å²) in [6.07, 6.45) is 5.51. The zero-order valence-electron chi connectivity index (χ0n) is 13.5. The Morgan fingerprint density at radius 1 is 1.32 bits per heavy atom. The highest BCUT2D eigenvalue weighted by atomic mass is 35.5. The van der Waals surface area contributed by atoms with Crippen LogP contribution in [0.1, 0.15) is 17.3 Å². The van der Waals surface area contributed by atoms with Gasteiger partial charge in [0.25, 0.3) is 5.91 Å². The quantitative estimate of drug-likeness (QED) is 0.648. The summed E-state index contributed by atoms with van der Waals surface area (Å²) in [5, 5.41) is 0.371. The standard InChI is InChI=1S/C19H15ClN2O2S/c1-3-12-22-17-15(24-4-2)10-7-11-16(17)25-19(22)21-18(23)13-8-5-6-9-14(13)20/h1,5-11H,4,12H2,2H3. The number of halogens is 1. The van der Waals surface area contributed by atoms with E-state index in [9.17, 15) is 4.79 Å². The Kier molecular flexibility index (Phi) is 5.22. The molecular weight excluding hydrogens is 356 g/mol. The van der Waals surface area contributed by atoms with E-state index in [1.54, 1.807) is 24.3 Å². The minimum Gasteiger partial charge on any atom is -0.492 e. The van der Waals surface area contributed by atoms with Crippen LogP contribution in [0.5, 0.6) is 5.75 Å². The van der Waals surface area contributed by atoms with Crippen molar-refractivity contribution in [2.24, 2.45) is 4.99 Å². The monoisotopic (exact) mass is 370 g/mol. The van der Waals surface area contributed by atoms with E-state index in [1.165, 1.54) is 11.3 Å². The molecule has 1 aromatic heterocycles. The van der Waals surface area contributed by atoms with Crippen LogP contribution in [-0.2, 0) is 6.54 Å². The maximum Gasteiger partial charge on any atom is 0.281 e. The Balaban J connectivity index is 2.21. The van der Waals surface area contributed by atoms with E-state index in [-0.39, 0.29) is 0 Å². The third-order valence-corrected chi connectivity index (χ3v) is 4.89. The number of thiazole rings is 1. The number of ether oxygens (including phenoxy) is 1. The summed E-state index contributed by atoms with van der Waals surface area (Å²) in [5.74, 6) is 2.93. The lowest BCUT2D eigenvalue weighted by Crippen LogP contribution is -2.17. The zero-order valence-corrected chi connectivity index (χ0v) is 15.1. The van der Waals surface area contributed by atoms with E-state index in [0.29, 0.717) is 28.5 Å². The molecule has 0 bridgehead atoms. The number of carbonyl (C=O) groups is 1. The van der Waals surface area contributed by atoms with Gasteiger partial charge in [-0.15, -0.1) is 6.42 Å². The molecule has 1 amide bonds. The van der Waals surface area contributed by atoms with Crippen molar-refractivity contribution < 1.29 is 9.53 Å². The van der Waals surface area contributed by atoms with Crippen LogP contribution >= 0.6 is 22.9 Å². The van der Waals surface area contributed by atoms with Crippen LogP contribution < -0.4 is 9.54 Å². The SMILES string of the molecule is C#CCn1c(=NC(=O)c2ccccc2Cl)sc2cccc(OCC)c21. The van der Waals surface area contributed by atoms with E-state index in [1.807, 2.05) is 29.7 Å². The molecule has 126 valence electrons. The fourth-order valence-corrected chi connectivity index (χ4v) is 3.74. The number of aromatic nitrogens is 1. The van der Waals surface area contributed by atoms with Crippen LogP contribution in [0.4, 0.5) is 0 Å². The lowest BCUT2D eigenvalue weighted by atomic mass is 10.2. The van der Waals surface area contributed by atoms with E-state index in [2.05, 4.69) is 10.9 Å². The number of nitrogens with zero attached hydrogens (tertiary/aromatic N) is 2. The van der Waals surface area contributed by atoms with Crippen LogP contribution in [0.25, 0.3) is 10.2 Å². The fourth-order valence-electron chi connectivity index (χ4n) is 2.47. The molecule has 0 N–H and O–H groups in total. The van der Waals surface area contributed by atoms with Gasteiger partial charge in [-0.25, -0.2) is 0 Å². The molecule has 2 aromatic carbocycles. The van der Waals surface area contributed by atoms with Gasteiger partial charge in [0.1, 0.15) is 11.3 Å². The van der Waals surface area contributed by atoms with E-state index >= 15 is 0 Å². The maximum absolute atomic E-state index is 12.5. The number of carbonyl (C=O) groups excluding carboxylic acids is 1. The van der Waals surface area contributed by atoms with Gasteiger partial charge < -0.3 is 9.30 Å². The lowest BCUT2D eigenvalue weighted by Gasteiger charge is -2.07. The average molecular weight is 371 g/mol. The van der Waals surface area contributed by atoms with Gasteiger partial charge in [0.15, 0.2) is 4.80 Å². The first-order chi connectivity index (χ1) is 12.2. The van der Waals surface area contributed by atoms with Gasteiger partial charge in [0, 0.05) is 0 Å². The number of hydrogen-bond acceptors (Lipinski definition) is 3. The molecule has 6 heteroatoms. The van der Waals surface area contributed by atoms with Crippen LogP contribution in [0, 0.1) is 12.3 Å². The van der Waals surface area contributed by atoms with Crippen molar-refractivity contribution in [1.82, 2.24) is 4.57 Å². The summed E-state index contributed by atoms with van der Waals surface area (Å²) in [6.45, 7) is 2.75. The molecule has 0 aliphatic rings. The first-order valence-electron chi connectivity index (χ1n) is 7.68. The molecule has 0 unspecified atom stereocenters. The molecule has 0 saturated heterocycles. The molecular formula is C19H15ClN2O2S. The topological polar surface area (TPSA) is 43.6 Å². The molecule has 0 aliphatic carbocycles. The predicted octanol–water partition coefficient (Wildman–Crippen LogP) is 4.13. The average Bonchev–Trinajstić information content (AvgIpc) is 2.94. The maximum atomic E-state index is 12.5. The van der Waals surface area contributed by atoms with E-state index in [4.69, 9.17) is 22.8 Å². The third kappa shape index (κ3) is 3.46. The molecule has 0 saturated carbocycles. The van der Waals surface area contributed by atoms with E-state index in [0.717, 1.165) is 16.0 Å². The summed E-state index contributed by atoms with van der Waals surface area (Å²) in [7, 11) is 0. The molecule has 0 radical (unpaired) electrons. The summed E-state index contributed by atoms with van der Waals surface area (Å²) in [5.41, 5.74) is 1.21.